The third kappa shape index (κ3) is 7.46. The molecule has 4 heteroatoms. The molecule has 0 bridgehead atoms. The molecule has 0 fully saturated rings. The number of unbranched alkanes of at least 4 members (excludes halogenated alkanes) is 1. The maximum atomic E-state index is 11.1. The highest BCUT2D eigenvalue weighted by molar-refractivity contribution is 7.80. The molecule has 0 saturated carbocycles. The van der Waals surface area contributed by atoms with Gasteiger partial charge in [0.25, 0.3) is 0 Å². The van der Waals surface area contributed by atoms with E-state index < -0.39 is 0 Å². The Morgan fingerprint density at radius 1 is 1.62 bits per heavy atom. The highest BCUT2D eigenvalue weighted by Gasteiger charge is 2.01. The minimum Gasteiger partial charge on any atom is -0.359 e. The van der Waals surface area contributed by atoms with Gasteiger partial charge in [-0.05, 0) is 18.6 Å². The molecule has 0 saturated heterocycles. The van der Waals surface area contributed by atoms with Crippen LogP contribution in [-0.4, -0.2) is 17.6 Å². The van der Waals surface area contributed by atoms with Crippen molar-refractivity contribution in [1.29, 1.82) is 0 Å². The lowest BCUT2D eigenvalue weighted by Crippen LogP contribution is -2.39. The average Bonchev–Trinajstić information content (AvgIpc) is 2.11. The van der Waals surface area contributed by atoms with Crippen molar-refractivity contribution in [3.05, 3.63) is 12.7 Å². The lowest BCUT2D eigenvalue weighted by atomic mass is 10.2. The molecule has 3 nitrogen and oxygen atoms in total. The van der Waals surface area contributed by atoms with Crippen molar-refractivity contribution < 1.29 is 4.79 Å². The molecule has 0 aromatic carbocycles. The molecule has 13 heavy (non-hydrogen) atoms. The molecule has 1 amide bonds. The number of hydrogen-bond donors (Lipinski definition) is 2. The normalized spacial score (nSPS) is 9.00. The number of amides is 1. The van der Waals surface area contributed by atoms with Gasteiger partial charge in [-0.25, -0.2) is 0 Å². The van der Waals surface area contributed by atoms with Crippen molar-refractivity contribution in [2.24, 2.45) is 0 Å². The standard InChI is InChI=1S/C9H16N2OS/c1-3-5-6-8(12)11-9(13)10-7-4-2/h4H,2-3,5-7H2,1H3,(H2,10,11,12,13). The van der Waals surface area contributed by atoms with E-state index in [1.165, 1.54) is 0 Å². The van der Waals surface area contributed by atoms with Crippen LogP contribution in [0.25, 0.3) is 0 Å². The van der Waals surface area contributed by atoms with Gasteiger partial charge in [0.2, 0.25) is 5.91 Å². The molecule has 0 unspecified atom stereocenters. The van der Waals surface area contributed by atoms with Gasteiger partial charge in [0.1, 0.15) is 0 Å². The molecular formula is C9H16N2OS. The van der Waals surface area contributed by atoms with Crippen molar-refractivity contribution >= 4 is 23.2 Å². The SMILES string of the molecule is C=CCNC(=S)NC(=O)CCCC. The maximum absolute atomic E-state index is 11.1. The third-order valence-corrected chi connectivity index (χ3v) is 1.66. The van der Waals surface area contributed by atoms with Crippen molar-refractivity contribution in [2.75, 3.05) is 6.54 Å². The topological polar surface area (TPSA) is 41.1 Å². The van der Waals surface area contributed by atoms with Crippen LogP contribution in [0.4, 0.5) is 0 Å². The summed E-state index contributed by atoms with van der Waals surface area (Å²) in [5.74, 6) is -0.0246. The first-order valence-corrected chi connectivity index (χ1v) is 4.80. The second-order valence-electron chi connectivity index (χ2n) is 2.65. The zero-order chi connectivity index (χ0) is 10.1. The molecule has 74 valence electrons. The molecule has 0 heterocycles. The Morgan fingerprint density at radius 2 is 2.31 bits per heavy atom. The molecule has 0 spiro atoms. The molecule has 0 aliphatic carbocycles. The van der Waals surface area contributed by atoms with Crippen LogP contribution < -0.4 is 10.6 Å². The van der Waals surface area contributed by atoms with E-state index in [4.69, 9.17) is 12.2 Å². The highest BCUT2D eigenvalue weighted by atomic mass is 32.1. The molecule has 2 N–H and O–H groups in total. The van der Waals surface area contributed by atoms with Gasteiger partial charge in [0.15, 0.2) is 5.11 Å². The van der Waals surface area contributed by atoms with Crippen molar-refractivity contribution in [3.8, 4) is 0 Å². The largest absolute Gasteiger partial charge is 0.359 e. The van der Waals surface area contributed by atoms with Gasteiger partial charge in [-0.3, -0.25) is 4.79 Å². The Kier molecular flexibility index (Phi) is 7.20. The smallest absolute Gasteiger partial charge is 0.226 e. The minimum absolute atomic E-state index is 0.0246. The van der Waals surface area contributed by atoms with Gasteiger partial charge in [-0.15, -0.1) is 6.58 Å². The Hall–Kier alpha value is -0.900. The number of hydrogen-bond acceptors (Lipinski definition) is 2. The van der Waals surface area contributed by atoms with Gasteiger partial charge >= 0.3 is 0 Å². The van der Waals surface area contributed by atoms with Crippen LogP contribution in [0.3, 0.4) is 0 Å². The first-order valence-electron chi connectivity index (χ1n) is 4.39. The Labute approximate surface area is 84.6 Å². The highest BCUT2D eigenvalue weighted by Crippen LogP contribution is 1.92. The summed E-state index contributed by atoms with van der Waals surface area (Å²) in [6, 6.07) is 0. The van der Waals surface area contributed by atoms with Gasteiger partial charge in [-0.2, -0.15) is 0 Å². The number of carbonyl (C=O) groups is 1. The van der Waals surface area contributed by atoms with Gasteiger partial charge in [-0.1, -0.05) is 19.4 Å². The number of carbonyl (C=O) groups excluding carboxylic acids is 1. The Morgan fingerprint density at radius 3 is 2.85 bits per heavy atom. The van der Waals surface area contributed by atoms with Gasteiger partial charge in [0, 0.05) is 13.0 Å². The number of rotatable bonds is 5. The first kappa shape index (κ1) is 12.1. The van der Waals surface area contributed by atoms with Crippen LogP contribution in [-0.2, 0) is 4.79 Å². The van der Waals surface area contributed by atoms with E-state index in [1.54, 1.807) is 6.08 Å². The second kappa shape index (κ2) is 7.73. The Balaban J connectivity index is 3.53. The zero-order valence-electron chi connectivity index (χ0n) is 7.93. The molecule has 0 atom stereocenters. The monoisotopic (exact) mass is 200 g/mol. The molecular weight excluding hydrogens is 184 g/mol. The fraction of sp³-hybridized carbons (Fsp3) is 0.556. The molecule has 0 aliphatic rings. The lowest BCUT2D eigenvalue weighted by Gasteiger charge is -2.06. The maximum Gasteiger partial charge on any atom is 0.226 e. The van der Waals surface area contributed by atoms with E-state index in [9.17, 15) is 4.79 Å². The summed E-state index contributed by atoms with van der Waals surface area (Å²) in [5.41, 5.74) is 0. The number of thiocarbonyl (C=S) groups is 1. The molecule has 0 rings (SSSR count). The molecule has 0 radical (unpaired) electrons. The van der Waals surface area contributed by atoms with Crippen LogP contribution in [0.15, 0.2) is 12.7 Å². The molecule has 0 aromatic heterocycles. The molecule has 0 aliphatic heterocycles. The number of nitrogens with one attached hydrogen (secondary N) is 2. The second-order valence-corrected chi connectivity index (χ2v) is 3.06. The van der Waals surface area contributed by atoms with Gasteiger partial charge < -0.3 is 10.6 Å². The van der Waals surface area contributed by atoms with E-state index >= 15 is 0 Å². The predicted molar refractivity (Wildman–Crippen MR) is 58.5 cm³/mol. The van der Waals surface area contributed by atoms with Crippen LogP contribution in [0, 0.1) is 0 Å². The van der Waals surface area contributed by atoms with E-state index in [0.29, 0.717) is 18.1 Å². The van der Waals surface area contributed by atoms with Crippen molar-refractivity contribution in [3.63, 3.8) is 0 Å². The summed E-state index contributed by atoms with van der Waals surface area (Å²) < 4.78 is 0. The summed E-state index contributed by atoms with van der Waals surface area (Å²) in [6.07, 6.45) is 4.13. The van der Waals surface area contributed by atoms with E-state index in [0.717, 1.165) is 12.8 Å². The van der Waals surface area contributed by atoms with Crippen LogP contribution in [0.5, 0.6) is 0 Å². The van der Waals surface area contributed by atoms with E-state index in [1.807, 2.05) is 6.92 Å². The lowest BCUT2D eigenvalue weighted by molar-refractivity contribution is -0.119. The predicted octanol–water partition coefficient (Wildman–Crippen LogP) is 1.35. The summed E-state index contributed by atoms with van der Waals surface area (Å²) in [6.45, 7) is 6.15. The summed E-state index contributed by atoms with van der Waals surface area (Å²) >= 11 is 4.86. The Bertz CT molecular complexity index is 192. The summed E-state index contributed by atoms with van der Waals surface area (Å²) in [4.78, 5) is 11.1. The average molecular weight is 200 g/mol. The zero-order valence-corrected chi connectivity index (χ0v) is 8.75. The minimum atomic E-state index is -0.0246. The van der Waals surface area contributed by atoms with Crippen LogP contribution in [0.1, 0.15) is 26.2 Å². The van der Waals surface area contributed by atoms with E-state index in [2.05, 4.69) is 17.2 Å². The van der Waals surface area contributed by atoms with Crippen molar-refractivity contribution in [1.82, 2.24) is 10.6 Å². The van der Waals surface area contributed by atoms with Crippen LogP contribution >= 0.6 is 12.2 Å². The first-order chi connectivity index (χ1) is 6.20. The van der Waals surface area contributed by atoms with Crippen molar-refractivity contribution in [2.45, 2.75) is 26.2 Å². The fourth-order valence-corrected chi connectivity index (χ4v) is 0.933. The molecule has 0 aromatic rings. The summed E-state index contributed by atoms with van der Waals surface area (Å²) in [7, 11) is 0. The third-order valence-electron chi connectivity index (χ3n) is 1.42. The van der Waals surface area contributed by atoms with E-state index in [-0.39, 0.29) is 5.91 Å². The summed E-state index contributed by atoms with van der Waals surface area (Å²) in [5, 5.41) is 5.78. The van der Waals surface area contributed by atoms with Crippen LogP contribution in [0.2, 0.25) is 0 Å². The fourth-order valence-electron chi connectivity index (χ4n) is 0.736. The van der Waals surface area contributed by atoms with Gasteiger partial charge in [0.05, 0.1) is 0 Å². The quantitative estimate of drug-likeness (QED) is 0.520.